The summed E-state index contributed by atoms with van der Waals surface area (Å²) in [5.74, 6) is 1.01. The van der Waals surface area contributed by atoms with Gasteiger partial charge in [-0.25, -0.2) is 0 Å². The van der Waals surface area contributed by atoms with Crippen molar-refractivity contribution in [3.05, 3.63) is 0 Å². The Labute approximate surface area is 52.4 Å². The summed E-state index contributed by atoms with van der Waals surface area (Å²) in [6.45, 7) is 2.10. The fourth-order valence-electron chi connectivity index (χ4n) is 0. The van der Waals surface area contributed by atoms with Gasteiger partial charge in [0.15, 0.2) is 0 Å². The van der Waals surface area contributed by atoms with Crippen molar-refractivity contribution >= 4 is 12.6 Å². The van der Waals surface area contributed by atoms with E-state index < -0.39 is 0 Å². The number of hydrogen-bond acceptors (Lipinski definition) is 1. The number of rotatable bonds is 1. The summed E-state index contributed by atoms with van der Waals surface area (Å²) in [6, 6.07) is 0. The maximum Gasteiger partial charge on any atom is 1.00 e. The molecule has 0 spiro atoms. The maximum atomic E-state index is 3.92. The summed E-state index contributed by atoms with van der Waals surface area (Å²) in [4.78, 5) is 0. The SMILES string of the molecule is CCCS.[H-].[Li+]. The molecule has 0 aromatic rings. The van der Waals surface area contributed by atoms with E-state index in [1.807, 2.05) is 0 Å². The van der Waals surface area contributed by atoms with Gasteiger partial charge in [-0.1, -0.05) is 6.92 Å². The molecule has 0 aliphatic heterocycles. The summed E-state index contributed by atoms with van der Waals surface area (Å²) in [5.41, 5.74) is 0. The Balaban J connectivity index is -0.0000000450. The number of thiol groups is 1. The molecule has 0 atom stereocenters. The van der Waals surface area contributed by atoms with E-state index in [4.69, 9.17) is 0 Å². The molecule has 0 nitrogen and oxygen atoms in total. The van der Waals surface area contributed by atoms with Gasteiger partial charge in [0, 0.05) is 0 Å². The van der Waals surface area contributed by atoms with Gasteiger partial charge in [-0.05, 0) is 12.2 Å². The predicted octanol–water partition coefficient (Wildman–Crippen LogP) is -1.56. The van der Waals surface area contributed by atoms with E-state index in [1.54, 1.807) is 0 Å². The Bertz CT molecular complexity index is 12.8. The van der Waals surface area contributed by atoms with E-state index in [-0.39, 0.29) is 20.3 Å². The molecule has 0 aromatic heterocycles. The molecule has 0 rings (SSSR count). The molecule has 0 N–H and O–H groups in total. The molecule has 0 bridgehead atoms. The van der Waals surface area contributed by atoms with E-state index in [9.17, 15) is 0 Å². The third-order valence-electron chi connectivity index (χ3n) is 0.224. The molecule has 0 saturated heterocycles. The van der Waals surface area contributed by atoms with Gasteiger partial charge in [-0.2, -0.15) is 12.6 Å². The Hall–Kier alpha value is 0.947. The summed E-state index contributed by atoms with van der Waals surface area (Å²) in [5, 5.41) is 0. The zero-order chi connectivity index (χ0) is 3.41. The van der Waals surface area contributed by atoms with Crippen molar-refractivity contribution in [3.63, 3.8) is 0 Å². The van der Waals surface area contributed by atoms with Crippen molar-refractivity contribution in [2.75, 3.05) is 5.75 Å². The van der Waals surface area contributed by atoms with Crippen LogP contribution in [0.15, 0.2) is 0 Å². The first kappa shape index (κ1) is 9.34. The molecule has 0 heterocycles. The van der Waals surface area contributed by atoms with Crippen molar-refractivity contribution in [3.8, 4) is 0 Å². The van der Waals surface area contributed by atoms with Crippen LogP contribution in [0.3, 0.4) is 0 Å². The van der Waals surface area contributed by atoms with Crippen LogP contribution in [-0.4, -0.2) is 5.75 Å². The monoisotopic (exact) mass is 84.1 g/mol. The summed E-state index contributed by atoms with van der Waals surface area (Å²) in [6.07, 6.45) is 1.18. The average Bonchev–Trinajstić information content (AvgIpc) is 1.37. The first-order valence-corrected chi connectivity index (χ1v) is 2.16. The number of hydrogen-bond donors (Lipinski definition) is 1. The van der Waals surface area contributed by atoms with E-state index >= 15 is 0 Å². The molecule has 28 valence electrons. The van der Waals surface area contributed by atoms with Crippen molar-refractivity contribution in [1.82, 2.24) is 0 Å². The van der Waals surface area contributed by atoms with Crippen LogP contribution in [0.5, 0.6) is 0 Å². The van der Waals surface area contributed by atoms with Gasteiger partial charge < -0.3 is 1.43 Å². The fraction of sp³-hybridized carbons (Fsp3) is 1.00. The van der Waals surface area contributed by atoms with E-state index in [0.29, 0.717) is 0 Å². The van der Waals surface area contributed by atoms with Crippen molar-refractivity contribution in [2.24, 2.45) is 0 Å². The molecular formula is C3H9LiS. The van der Waals surface area contributed by atoms with Gasteiger partial charge in [0.25, 0.3) is 0 Å². The van der Waals surface area contributed by atoms with Crippen molar-refractivity contribution in [2.45, 2.75) is 13.3 Å². The molecule has 0 radical (unpaired) electrons. The van der Waals surface area contributed by atoms with Gasteiger partial charge in [0.05, 0.1) is 0 Å². The smallest absolute Gasteiger partial charge is 1.00 e. The third kappa shape index (κ3) is 11.3. The topological polar surface area (TPSA) is 0 Å². The quantitative estimate of drug-likeness (QED) is 0.288. The molecule has 0 aliphatic carbocycles. The van der Waals surface area contributed by atoms with E-state index in [1.165, 1.54) is 6.42 Å². The molecule has 0 aromatic carbocycles. The van der Waals surface area contributed by atoms with Crippen LogP contribution < -0.4 is 18.9 Å². The predicted molar refractivity (Wildman–Crippen MR) is 25.3 cm³/mol. The Kier molecular flexibility index (Phi) is 16.6. The Morgan fingerprint density at radius 3 is 2.00 bits per heavy atom. The van der Waals surface area contributed by atoms with Crippen LogP contribution >= 0.6 is 12.6 Å². The molecule has 0 fully saturated rings. The summed E-state index contributed by atoms with van der Waals surface area (Å²) < 4.78 is 0. The van der Waals surface area contributed by atoms with Crippen LogP contribution in [0.1, 0.15) is 14.8 Å². The molecule has 2 heteroatoms. The minimum Gasteiger partial charge on any atom is -1.00 e. The van der Waals surface area contributed by atoms with Crippen LogP contribution in [-0.2, 0) is 0 Å². The van der Waals surface area contributed by atoms with Gasteiger partial charge in [-0.3, -0.25) is 0 Å². The summed E-state index contributed by atoms with van der Waals surface area (Å²) >= 11 is 3.92. The Morgan fingerprint density at radius 2 is 2.00 bits per heavy atom. The molecule has 5 heavy (non-hydrogen) atoms. The van der Waals surface area contributed by atoms with Gasteiger partial charge in [-0.15, -0.1) is 0 Å². The summed E-state index contributed by atoms with van der Waals surface area (Å²) in [7, 11) is 0. The standard InChI is InChI=1S/C3H8S.Li.H/c1-2-3-4;;/h4H,2-3H2,1H3;;/q;+1;-1. The first-order chi connectivity index (χ1) is 1.91. The minimum absolute atomic E-state index is 0. The minimum atomic E-state index is 0. The fourth-order valence-corrected chi connectivity index (χ4v) is 0. The van der Waals surface area contributed by atoms with E-state index in [2.05, 4.69) is 19.6 Å². The van der Waals surface area contributed by atoms with Crippen LogP contribution in [0.4, 0.5) is 0 Å². The van der Waals surface area contributed by atoms with Gasteiger partial charge in [0.2, 0.25) is 0 Å². The second kappa shape index (κ2) is 8.87. The second-order valence-corrected chi connectivity index (χ2v) is 1.17. The van der Waals surface area contributed by atoms with E-state index in [0.717, 1.165) is 5.75 Å². The second-order valence-electron chi connectivity index (χ2n) is 0.724. The van der Waals surface area contributed by atoms with Gasteiger partial charge >= 0.3 is 18.9 Å². The van der Waals surface area contributed by atoms with Crippen molar-refractivity contribution < 1.29 is 20.3 Å². The molecule has 0 saturated carbocycles. The zero-order valence-electron chi connectivity index (χ0n) is 4.86. The van der Waals surface area contributed by atoms with Gasteiger partial charge in [0.1, 0.15) is 0 Å². The molecule has 0 unspecified atom stereocenters. The molecule has 0 aliphatic rings. The first-order valence-electron chi connectivity index (χ1n) is 1.52. The zero-order valence-corrected chi connectivity index (χ0v) is 4.76. The van der Waals surface area contributed by atoms with Crippen LogP contribution in [0.25, 0.3) is 0 Å². The maximum absolute atomic E-state index is 3.92. The average molecular weight is 84.1 g/mol. The largest absolute Gasteiger partial charge is 1.00 e. The van der Waals surface area contributed by atoms with Crippen molar-refractivity contribution in [1.29, 1.82) is 0 Å². The molecule has 0 amide bonds. The molecular weight excluding hydrogens is 75.0 g/mol. The normalized spacial score (nSPS) is 6.00. The van der Waals surface area contributed by atoms with Crippen LogP contribution in [0, 0.1) is 0 Å². The van der Waals surface area contributed by atoms with Crippen LogP contribution in [0.2, 0.25) is 0 Å². The Morgan fingerprint density at radius 1 is 1.80 bits per heavy atom. The third-order valence-corrected chi connectivity index (χ3v) is 0.671.